The van der Waals surface area contributed by atoms with Gasteiger partial charge in [-0.3, -0.25) is 18.7 Å². The second-order valence-electron chi connectivity index (χ2n) is 5.22. The summed E-state index contributed by atoms with van der Waals surface area (Å²) in [6.07, 6.45) is 4.72. The van der Waals surface area contributed by atoms with E-state index in [1.54, 1.807) is 17.4 Å². The third-order valence-corrected chi connectivity index (χ3v) is 3.24. The molecule has 0 fully saturated rings. The summed E-state index contributed by atoms with van der Waals surface area (Å²) in [5.74, 6) is -1.18. The minimum Gasteiger partial charge on any atom is -0.493 e. The van der Waals surface area contributed by atoms with E-state index >= 15 is 0 Å². The molecule has 3 aromatic rings. The molecule has 0 bridgehead atoms. The molecular weight excluding hydrogens is 528 g/mol. The molecule has 27 heavy (non-hydrogen) atoms. The van der Waals surface area contributed by atoms with Gasteiger partial charge in [0.2, 0.25) is 0 Å². The van der Waals surface area contributed by atoms with E-state index in [0.29, 0.717) is 0 Å². The topological polar surface area (TPSA) is 44.6 Å². The Labute approximate surface area is 169 Å². The molecule has 2 aromatic carbocycles. The van der Waals surface area contributed by atoms with Gasteiger partial charge in [-0.1, -0.05) is 17.3 Å². The van der Waals surface area contributed by atoms with Crippen LogP contribution in [-0.2, 0) is 20.1 Å². The largest absolute Gasteiger partial charge is 3.00 e. The van der Waals surface area contributed by atoms with Crippen molar-refractivity contribution < 1.29 is 28.9 Å². The van der Waals surface area contributed by atoms with Crippen LogP contribution in [0.1, 0.15) is 0 Å². The number of hydrazone groups is 1. The fourth-order valence-corrected chi connectivity index (χ4v) is 2.06. The van der Waals surface area contributed by atoms with Crippen molar-refractivity contribution >= 4 is 12.0 Å². The van der Waals surface area contributed by atoms with Gasteiger partial charge in [0.05, 0.1) is 12.2 Å². The van der Waals surface area contributed by atoms with E-state index in [2.05, 4.69) is 27.2 Å². The molecule has 1 aromatic heterocycles. The van der Waals surface area contributed by atoms with E-state index < -0.39 is 11.6 Å². The molecule has 8 heteroatoms. The van der Waals surface area contributed by atoms with Crippen molar-refractivity contribution in [1.29, 1.82) is 0 Å². The van der Waals surface area contributed by atoms with Crippen LogP contribution >= 0.6 is 0 Å². The minimum absolute atomic E-state index is 0. The Bertz CT molecular complexity index is 878. The van der Waals surface area contributed by atoms with Crippen molar-refractivity contribution in [3.63, 3.8) is 0 Å². The smallest absolute Gasteiger partial charge is 0.493 e. The van der Waals surface area contributed by atoms with E-state index in [9.17, 15) is 8.78 Å². The molecule has 0 unspecified atom stereocenters. The van der Waals surface area contributed by atoms with Crippen molar-refractivity contribution in [2.45, 2.75) is 0 Å². The maximum atomic E-state index is 13.2. The molecule has 5 nitrogen and oxygen atoms in total. The number of halogens is 2. The second kappa shape index (κ2) is 9.85. The van der Waals surface area contributed by atoms with Gasteiger partial charge in [0.25, 0.3) is 0 Å². The van der Waals surface area contributed by atoms with E-state index in [1.807, 2.05) is 42.9 Å². The first-order chi connectivity index (χ1) is 12.6. The summed E-state index contributed by atoms with van der Waals surface area (Å²) in [5.41, 5.74) is 1.03. The zero-order valence-corrected chi connectivity index (χ0v) is 16.6. The summed E-state index contributed by atoms with van der Waals surface area (Å²) < 4.78 is 25.7. The summed E-state index contributed by atoms with van der Waals surface area (Å²) in [6, 6.07) is 16.7. The van der Waals surface area contributed by atoms with Gasteiger partial charge < -0.3 is 9.91 Å². The Kier molecular flexibility index (Phi) is 7.52. The fourth-order valence-electron chi connectivity index (χ4n) is 2.06. The molecule has 138 valence electrons. The quantitative estimate of drug-likeness (QED) is 0.465. The van der Waals surface area contributed by atoms with Gasteiger partial charge in [0.15, 0.2) is 0 Å². The van der Waals surface area contributed by atoms with Gasteiger partial charge in [-0.25, -0.2) is 0 Å². The molecule has 0 saturated heterocycles. The number of benzene rings is 2. The van der Waals surface area contributed by atoms with Crippen LogP contribution < -0.4 is 5.01 Å². The molecule has 1 aliphatic rings. The van der Waals surface area contributed by atoms with Crippen LogP contribution in [0.3, 0.4) is 0 Å². The SMILES string of the molecule is CN1C=NN(c2[c-]cccc2)[CH-]1.Fc1c[c-]c(-c2ncccn2)c(F)c1.[Ir+3]. The van der Waals surface area contributed by atoms with Gasteiger partial charge in [-0.15, -0.1) is 24.9 Å². The van der Waals surface area contributed by atoms with Gasteiger partial charge in [-0.2, -0.15) is 29.4 Å². The third kappa shape index (κ3) is 5.64. The van der Waals surface area contributed by atoms with Crippen molar-refractivity contribution in [2.24, 2.45) is 5.10 Å². The normalized spacial score (nSPS) is 12.3. The van der Waals surface area contributed by atoms with Crippen LogP contribution in [0.2, 0.25) is 0 Å². The standard InChI is InChI=1S/C10H5F2N2.C9H9N3.Ir/c11-7-2-3-8(9(12)6-7)10-13-4-1-5-14-10;1-11-7-10-12(8-11)9-5-3-2-4-6-9;/h1-2,4-6H;2-5,7-8H,1H3;/q-1;-2;+3. The predicted octanol–water partition coefficient (Wildman–Crippen LogP) is 3.52. The van der Waals surface area contributed by atoms with E-state index in [0.717, 1.165) is 17.8 Å². The Balaban J connectivity index is 0.000000189. The van der Waals surface area contributed by atoms with Gasteiger partial charge in [0, 0.05) is 24.0 Å². The molecular formula is C19H14F2IrN5. The first kappa shape index (κ1) is 20.6. The molecule has 0 aliphatic carbocycles. The number of aromatic nitrogens is 2. The van der Waals surface area contributed by atoms with Crippen molar-refractivity contribution in [2.75, 3.05) is 12.1 Å². The van der Waals surface area contributed by atoms with Crippen LogP contribution in [-0.4, -0.2) is 28.3 Å². The van der Waals surface area contributed by atoms with Crippen LogP contribution in [0, 0.1) is 30.4 Å². The monoisotopic (exact) mass is 543 g/mol. The zero-order chi connectivity index (χ0) is 18.4. The van der Waals surface area contributed by atoms with Gasteiger partial charge >= 0.3 is 20.1 Å². The maximum Gasteiger partial charge on any atom is 3.00 e. The first-order valence-electron chi connectivity index (χ1n) is 7.64. The molecule has 1 aliphatic heterocycles. The number of para-hydroxylation sites is 1. The Morgan fingerprint density at radius 1 is 1.07 bits per heavy atom. The predicted molar refractivity (Wildman–Crippen MR) is 94.5 cm³/mol. The van der Waals surface area contributed by atoms with Crippen LogP contribution in [0.25, 0.3) is 11.4 Å². The molecule has 4 rings (SSSR count). The van der Waals surface area contributed by atoms with Gasteiger partial charge in [0.1, 0.15) is 0 Å². The third-order valence-electron chi connectivity index (χ3n) is 3.24. The molecule has 0 spiro atoms. The van der Waals surface area contributed by atoms with Crippen molar-refractivity contribution in [3.05, 3.63) is 85.3 Å². The molecule has 0 N–H and O–H groups in total. The minimum atomic E-state index is -0.712. The van der Waals surface area contributed by atoms with E-state index in [-0.39, 0.29) is 31.5 Å². The van der Waals surface area contributed by atoms with Crippen LogP contribution in [0.5, 0.6) is 0 Å². The number of rotatable bonds is 2. The van der Waals surface area contributed by atoms with E-state index in [1.165, 1.54) is 12.4 Å². The maximum absolute atomic E-state index is 13.2. The Morgan fingerprint density at radius 2 is 1.85 bits per heavy atom. The molecule has 0 radical (unpaired) electrons. The summed E-state index contributed by atoms with van der Waals surface area (Å²) >= 11 is 0. The van der Waals surface area contributed by atoms with Crippen LogP contribution in [0.15, 0.2) is 60.0 Å². The van der Waals surface area contributed by atoms with Crippen molar-refractivity contribution in [1.82, 2.24) is 14.9 Å². The molecule has 2 heterocycles. The zero-order valence-electron chi connectivity index (χ0n) is 14.2. The number of nitrogens with zero attached hydrogens (tertiary/aromatic N) is 5. The van der Waals surface area contributed by atoms with Gasteiger partial charge in [-0.05, 0) is 13.1 Å². The Hall–Kier alpha value is -2.70. The average molecular weight is 543 g/mol. The summed E-state index contributed by atoms with van der Waals surface area (Å²) in [6.45, 7) is 1.89. The molecule has 0 atom stereocenters. The Morgan fingerprint density at radius 3 is 2.44 bits per heavy atom. The fraction of sp³-hybridized carbons (Fsp3) is 0.0526. The number of hydrogen-bond donors (Lipinski definition) is 0. The number of hydrogen-bond acceptors (Lipinski definition) is 5. The first-order valence-corrected chi connectivity index (χ1v) is 7.64. The average Bonchev–Trinajstić information content (AvgIpc) is 3.10. The molecule has 0 saturated carbocycles. The van der Waals surface area contributed by atoms with E-state index in [4.69, 9.17) is 0 Å². The van der Waals surface area contributed by atoms with Crippen LogP contribution in [0.4, 0.5) is 14.5 Å². The summed E-state index contributed by atoms with van der Waals surface area (Å²) in [4.78, 5) is 9.56. The summed E-state index contributed by atoms with van der Waals surface area (Å²) in [7, 11) is 1.94. The second-order valence-corrected chi connectivity index (χ2v) is 5.22. The molecule has 0 amide bonds. The van der Waals surface area contributed by atoms with Crippen molar-refractivity contribution in [3.8, 4) is 11.4 Å². The number of anilines is 1. The summed E-state index contributed by atoms with van der Waals surface area (Å²) in [5, 5.41) is 5.91.